The van der Waals surface area contributed by atoms with Gasteiger partial charge in [-0.1, -0.05) is 42.0 Å². The number of carbonyl (C=O) groups excluding carboxylic acids is 2. The van der Waals surface area contributed by atoms with E-state index in [0.29, 0.717) is 10.4 Å². The Kier molecular flexibility index (Phi) is 5.91. The van der Waals surface area contributed by atoms with Crippen LogP contribution >= 0.6 is 11.3 Å². The minimum Gasteiger partial charge on any atom is -0.465 e. The zero-order valence-corrected chi connectivity index (χ0v) is 18.0. The van der Waals surface area contributed by atoms with Crippen molar-refractivity contribution in [2.75, 3.05) is 7.11 Å². The van der Waals surface area contributed by atoms with E-state index in [1.165, 1.54) is 24.5 Å². The number of Topliss-reactive ketones (excluding diaryl/α,β-unsaturated/α-hetero) is 1. The van der Waals surface area contributed by atoms with Crippen LogP contribution in [0.25, 0.3) is 21.3 Å². The molecule has 0 radical (unpaired) electrons. The van der Waals surface area contributed by atoms with Crippen molar-refractivity contribution in [3.63, 3.8) is 0 Å². The summed E-state index contributed by atoms with van der Waals surface area (Å²) in [5, 5.41) is 0. The van der Waals surface area contributed by atoms with Crippen LogP contribution in [0.15, 0.2) is 60.8 Å². The highest BCUT2D eigenvalue weighted by atomic mass is 32.1. The van der Waals surface area contributed by atoms with Gasteiger partial charge in [-0.15, -0.1) is 11.3 Å². The summed E-state index contributed by atoms with van der Waals surface area (Å²) >= 11 is 1.34. The maximum Gasteiger partial charge on any atom is 0.348 e. The molecule has 0 spiro atoms. The summed E-state index contributed by atoms with van der Waals surface area (Å²) in [6.45, 7) is 1.88. The molecule has 0 saturated heterocycles. The van der Waals surface area contributed by atoms with Gasteiger partial charge in [-0.3, -0.25) is 9.78 Å². The molecule has 2 aromatic carbocycles. The molecule has 0 aliphatic heterocycles. The molecule has 0 atom stereocenters. The molecular weight excluding hydrogens is 413 g/mol. The first-order chi connectivity index (χ1) is 14.9. The number of ether oxygens (including phenoxy) is 1. The average molecular weight is 434 g/mol. The van der Waals surface area contributed by atoms with E-state index in [-0.39, 0.29) is 30.4 Å². The number of ketones is 1. The number of aryl methyl sites for hydroxylation is 1. The predicted octanol–water partition coefficient (Wildman–Crippen LogP) is 5.55. The fourth-order valence-corrected chi connectivity index (χ4v) is 4.58. The number of fused-ring (bicyclic) bond motifs is 1. The Hall–Kier alpha value is -3.38. The van der Waals surface area contributed by atoms with E-state index in [1.54, 1.807) is 24.4 Å². The molecule has 2 heterocycles. The third-order valence-electron chi connectivity index (χ3n) is 5.05. The van der Waals surface area contributed by atoms with Crippen molar-refractivity contribution in [2.24, 2.45) is 0 Å². The molecule has 4 aromatic rings. The molecule has 6 heteroatoms. The van der Waals surface area contributed by atoms with Crippen LogP contribution in [0.4, 0.5) is 4.39 Å². The molecule has 0 N–H and O–H groups in total. The molecule has 4 rings (SSSR count). The number of hydrogen-bond acceptors (Lipinski definition) is 5. The first kappa shape index (κ1) is 20.9. The van der Waals surface area contributed by atoms with Gasteiger partial charge in [0.05, 0.1) is 17.3 Å². The van der Waals surface area contributed by atoms with E-state index >= 15 is 0 Å². The molecule has 0 aliphatic rings. The lowest BCUT2D eigenvalue weighted by Gasteiger charge is -2.07. The highest BCUT2D eigenvalue weighted by molar-refractivity contribution is 7.21. The topological polar surface area (TPSA) is 56.3 Å². The standard InChI is InChI=1S/C25H20FNO3S/c1-15-3-8-21(26)18(11-15)13-19(28)12-16-4-6-17(7-5-16)20-9-10-27-22-14-23(25(29)30-2)31-24(20)22/h3-11,14H,12-13H2,1-2H3. The predicted molar refractivity (Wildman–Crippen MR) is 120 cm³/mol. The van der Waals surface area contributed by atoms with E-state index in [2.05, 4.69) is 4.98 Å². The molecule has 31 heavy (non-hydrogen) atoms. The van der Waals surface area contributed by atoms with Gasteiger partial charge in [0.25, 0.3) is 0 Å². The Morgan fingerprint density at radius 1 is 1.03 bits per heavy atom. The van der Waals surface area contributed by atoms with Gasteiger partial charge in [-0.2, -0.15) is 0 Å². The highest BCUT2D eigenvalue weighted by Gasteiger charge is 2.15. The maximum absolute atomic E-state index is 13.9. The highest BCUT2D eigenvalue weighted by Crippen LogP contribution is 2.34. The van der Waals surface area contributed by atoms with Crippen molar-refractivity contribution in [3.8, 4) is 11.1 Å². The summed E-state index contributed by atoms with van der Waals surface area (Å²) in [7, 11) is 1.36. The minimum absolute atomic E-state index is 0.0375. The molecule has 0 amide bonds. The molecule has 2 aromatic heterocycles. The van der Waals surface area contributed by atoms with Crippen LogP contribution < -0.4 is 0 Å². The van der Waals surface area contributed by atoms with Crippen molar-refractivity contribution in [2.45, 2.75) is 19.8 Å². The van der Waals surface area contributed by atoms with Crippen LogP contribution in [-0.2, 0) is 22.4 Å². The number of esters is 1. The van der Waals surface area contributed by atoms with Gasteiger partial charge >= 0.3 is 5.97 Å². The van der Waals surface area contributed by atoms with Gasteiger partial charge in [-0.25, -0.2) is 9.18 Å². The Morgan fingerprint density at radius 3 is 2.55 bits per heavy atom. The quantitative estimate of drug-likeness (QED) is 0.374. The van der Waals surface area contributed by atoms with Crippen molar-refractivity contribution in [3.05, 3.63) is 88.2 Å². The molecule has 0 bridgehead atoms. The second kappa shape index (κ2) is 8.78. The third kappa shape index (κ3) is 4.54. The van der Waals surface area contributed by atoms with Crippen LogP contribution in [0.3, 0.4) is 0 Å². The van der Waals surface area contributed by atoms with Crippen LogP contribution in [-0.4, -0.2) is 23.8 Å². The van der Waals surface area contributed by atoms with Crippen LogP contribution in [0.1, 0.15) is 26.4 Å². The molecule has 156 valence electrons. The second-order valence-corrected chi connectivity index (χ2v) is 8.41. The lowest BCUT2D eigenvalue weighted by molar-refractivity contribution is -0.117. The molecule has 0 aliphatic carbocycles. The van der Waals surface area contributed by atoms with Gasteiger partial charge < -0.3 is 4.74 Å². The number of halogens is 1. The normalized spacial score (nSPS) is 10.9. The summed E-state index contributed by atoms with van der Waals surface area (Å²) in [6.07, 6.45) is 2.02. The fraction of sp³-hybridized carbons (Fsp3) is 0.160. The van der Waals surface area contributed by atoms with Gasteiger partial charge in [0.15, 0.2) is 0 Å². The number of methoxy groups -OCH3 is 1. The van der Waals surface area contributed by atoms with Crippen LogP contribution in [0.5, 0.6) is 0 Å². The number of hydrogen-bond donors (Lipinski definition) is 0. The van der Waals surface area contributed by atoms with E-state index in [0.717, 1.165) is 32.5 Å². The number of nitrogens with zero attached hydrogens (tertiary/aromatic N) is 1. The number of pyridine rings is 1. The van der Waals surface area contributed by atoms with E-state index in [9.17, 15) is 14.0 Å². The van der Waals surface area contributed by atoms with Gasteiger partial charge in [0.1, 0.15) is 16.5 Å². The van der Waals surface area contributed by atoms with Gasteiger partial charge in [-0.05, 0) is 41.8 Å². The Labute approximate surface area is 183 Å². The third-order valence-corrected chi connectivity index (χ3v) is 6.19. The molecule has 0 fully saturated rings. The lowest BCUT2D eigenvalue weighted by Crippen LogP contribution is -2.08. The first-order valence-corrected chi connectivity index (χ1v) is 10.6. The van der Waals surface area contributed by atoms with Crippen LogP contribution in [0, 0.1) is 12.7 Å². The van der Waals surface area contributed by atoms with E-state index < -0.39 is 0 Å². The number of aromatic nitrogens is 1. The van der Waals surface area contributed by atoms with E-state index in [1.807, 2.05) is 37.3 Å². The zero-order chi connectivity index (χ0) is 22.0. The van der Waals surface area contributed by atoms with Gasteiger partial charge in [0, 0.05) is 24.6 Å². The molecular formula is C25H20FNO3S. The Bertz CT molecular complexity index is 1280. The molecule has 0 unspecified atom stereocenters. The van der Waals surface area contributed by atoms with Gasteiger partial charge in [0.2, 0.25) is 0 Å². The smallest absolute Gasteiger partial charge is 0.348 e. The summed E-state index contributed by atoms with van der Waals surface area (Å²) in [6, 6.07) is 16.1. The first-order valence-electron chi connectivity index (χ1n) is 9.77. The minimum atomic E-state index is -0.382. The Balaban J connectivity index is 1.53. The number of rotatable bonds is 6. The van der Waals surface area contributed by atoms with Crippen LogP contribution in [0.2, 0.25) is 0 Å². The van der Waals surface area contributed by atoms with Crippen molar-refractivity contribution >= 4 is 33.3 Å². The summed E-state index contributed by atoms with van der Waals surface area (Å²) < 4.78 is 19.6. The fourth-order valence-electron chi connectivity index (χ4n) is 3.51. The largest absolute Gasteiger partial charge is 0.465 e. The molecule has 0 saturated carbocycles. The lowest BCUT2D eigenvalue weighted by atomic mass is 9.99. The second-order valence-electron chi connectivity index (χ2n) is 7.36. The summed E-state index contributed by atoms with van der Waals surface area (Å²) in [5.41, 5.74) is 4.90. The molecule has 4 nitrogen and oxygen atoms in total. The number of thiophene rings is 1. The zero-order valence-electron chi connectivity index (χ0n) is 17.1. The monoisotopic (exact) mass is 433 g/mol. The average Bonchev–Trinajstić information content (AvgIpc) is 3.21. The number of carbonyl (C=O) groups is 2. The van der Waals surface area contributed by atoms with E-state index in [4.69, 9.17) is 4.74 Å². The SMILES string of the molecule is COC(=O)c1cc2nccc(-c3ccc(CC(=O)Cc4cc(C)ccc4F)cc3)c2s1. The number of benzene rings is 2. The maximum atomic E-state index is 13.9. The Morgan fingerprint density at radius 2 is 1.81 bits per heavy atom. The summed E-state index contributed by atoms with van der Waals surface area (Å²) in [5.74, 6) is -0.768. The summed E-state index contributed by atoms with van der Waals surface area (Å²) in [4.78, 5) is 29.2. The van der Waals surface area contributed by atoms with Crippen molar-refractivity contribution in [1.82, 2.24) is 4.98 Å². The van der Waals surface area contributed by atoms with Crippen molar-refractivity contribution < 1.29 is 18.7 Å². The van der Waals surface area contributed by atoms with Crippen molar-refractivity contribution in [1.29, 1.82) is 0 Å².